The Hall–Kier alpha value is -5.18. The largest absolute Gasteiger partial charge is 0.276 e. The van der Waals surface area contributed by atoms with E-state index in [0.717, 1.165) is 5.30 Å². The second kappa shape index (κ2) is 12.7. The molecule has 1 heterocycles. The molecule has 4 nitrogen and oxygen atoms in total. The number of halogens is 5. The third-order valence-corrected chi connectivity index (χ3v) is 12.1. The molecule has 11 heteroatoms. The van der Waals surface area contributed by atoms with E-state index in [4.69, 9.17) is 4.98 Å². The molecule has 6 aromatic carbocycles. The first-order valence-corrected chi connectivity index (χ1v) is 18.2. The summed E-state index contributed by atoms with van der Waals surface area (Å²) in [5.41, 5.74) is 1.06. The summed E-state index contributed by atoms with van der Waals surface area (Å²) in [5, 5.41) is 2.91. The van der Waals surface area contributed by atoms with E-state index in [1.165, 1.54) is 0 Å². The van der Waals surface area contributed by atoms with Crippen LogP contribution in [-0.4, -0.2) is 24.0 Å². The van der Waals surface area contributed by atoms with Gasteiger partial charge in [-0.3, -0.25) is 0 Å². The van der Waals surface area contributed by atoms with E-state index < -0.39 is 51.9 Å². The second-order valence-corrected chi connectivity index (χ2v) is 14.9. The lowest BCUT2D eigenvalue weighted by atomic mass is 10.0. The van der Waals surface area contributed by atoms with Crippen molar-refractivity contribution in [2.24, 2.45) is 0 Å². The maximum Gasteiger partial charge on any atom is 0.276 e. The smallest absolute Gasteiger partial charge is 0.226 e. The normalized spacial score (nSPS) is 12.4. The van der Waals surface area contributed by atoms with Crippen molar-refractivity contribution < 1.29 is 30.4 Å². The predicted molar refractivity (Wildman–Crippen MR) is 183 cm³/mol. The summed E-state index contributed by atoms with van der Waals surface area (Å²) in [6.07, 6.45) is 0. The zero-order chi connectivity index (χ0) is 34.4. The SMILES string of the molecule is CP(c1ccccc1)c1ccc2ccccc2c1-c1nc(-c2ccccc2)c(-c2ccccc2)n1S(=O)(=O)c1c(F)c(F)c(F)c(F)c1F. The molecule has 7 aromatic rings. The van der Waals surface area contributed by atoms with Gasteiger partial charge in [0, 0.05) is 16.7 Å². The van der Waals surface area contributed by atoms with Gasteiger partial charge < -0.3 is 0 Å². The Labute approximate surface area is 279 Å². The standard InChI is InChI=1S/C38H24F5N2O2PS/c1-48(26-18-9-4-10-19-26)28-22-21-23-13-11-12-20-27(23)29(28)38-44-35(24-14-5-2-6-15-24)36(25-16-7-3-8-17-25)45(38)49(46,47)37-33(42)31(40)30(39)32(41)34(37)43/h2-22H,1H3. The lowest BCUT2D eigenvalue weighted by molar-refractivity contribution is 0.357. The van der Waals surface area contributed by atoms with Crippen molar-refractivity contribution in [2.45, 2.75) is 4.90 Å². The maximum atomic E-state index is 15.5. The van der Waals surface area contributed by atoms with Gasteiger partial charge in [-0.15, -0.1) is 0 Å². The van der Waals surface area contributed by atoms with Crippen LogP contribution >= 0.6 is 7.92 Å². The number of aromatic nitrogens is 2. The third kappa shape index (κ3) is 5.41. The van der Waals surface area contributed by atoms with Crippen LogP contribution in [0.25, 0.3) is 44.7 Å². The summed E-state index contributed by atoms with van der Waals surface area (Å²) in [6.45, 7) is 1.99. The van der Waals surface area contributed by atoms with Gasteiger partial charge in [-0.1, -0.05) is 127 Å². The zero-order valence-electron chi connectivity index (χ0n) is 25.6. The van der Waals surface area contributed by atoms with Crippen LogP contribution in [0.2, 0.25) is 0 Å². The van der Waals surface area contributed by atoms with Gasteiger partial charge in [0.1, 0.15) is 0 Å². The first-order chi connectivity index (χ1) is 23.6. The number of nitrogens with zero attached hydrogens (tertiary/aromatic N) is 2. The lowest BCUT2D eigenvalue weighted by Crippen LogP contribution is -2.23. The monoisotopic (exact) mass is 698 g/mol. The van der Waals surface area contributed by atoms with Crippen LogP contribution in [0.4, 0.5) is 22.0 Å². The van der Waals surface area contributed by atoms with E-state index in [0.29, 0.717) is 31.2 Å². The summed E-state index contributed by atoms with van der Waals surface area (Å²) in [5.74, 6) is -12.4. The maximum absolute atomic E-state index is 15.5. The molecular weight excluding hydrogens is 674 g/mol. The molecule has 0 saturated carbocycles. The van der Waals surface area contributed by atoms with Crippen molar-refractivity contribution in [1.29, 1.82) is 0 Å². The van der Waals surface area contributed by atoms with Crippen LogP contribution < -0.4 is 10.6 Å². The van der Waals surface area contributed by atoms with Gasteiger partial charge in [0.2, 0.25) is 5.82 Å². The lowest BCUT2D eigenvalue weighted by Gasteiger charge is -2.21. The zero-order valence-corrected chi connectivity index (χ0v) is 27.3. The third-order valence-electron chi connectivity index (χ3n) is 8.24. The molecule has 0 aliphatic heterocycles. The fraction of sp³-hybridized carbons (Fsp3) is 0.0263. The highest BCUT2D eigenvalue weighted by atomic mass is 32.2. The predicted octanol–water partition coefficient (Wildman–Crippen LogP) is 9.03. The highest BCUT2D eigenvalue weighted by Crippen LogP contribution is 2.44. The fourth-order valence-corrected chi connectivity index (χ4v) is 9.27. The summed E-state index contributed by atoms with van der Waals surface area (Å²) >= 11 is 0. The molecule has 0 amide bonds. The summed E-state index contributed by atoms with van der Waals surface area (Å²) in [4.78, 5) is 2.93. The van der Waals surface area contributed by atoms with Crippen LogP contribution in [0.5, 0.6) is 0 Å². The highest BCUT2D eigenvalue weighted by Gasteiger charge is 2.39. The average molecular weight is 699 g/mol. The first-order valence-electron chi connectivity index (χ1n) is 14.9. The summed E-state index contributed by atoms with van der Waals surface area (Å²) in [7, 11) is -6.81. The molecule has 0 fully saturated rings. The molecule has 0 N–H and O–H groups in total. The van der Waals surface area contributed by atoms with Crippen molar-refractivity contribution >= 4 is 39.3 Å². The Kier molecular flexibility index (Phi) is 8.38. The topological polar surface area (TPSA) is 52.0 Å². The number of hydrogen-bond acceptors (Lipinski definition) is 3. The summed E-state index contributed by atoms with van der Waals surface area (Å²) in [6, 6.07) is 37.1. The van der Waals surface area contributed by atoms with E-state index in [1.807, 2.05) is 55.2 Å². The van der Waals surface area contributed by atoms with Crippen LogP contribution in [0.1, 0.15) is 0 Å². The van der Waals surface area contributed by atoms with Crippen LogP contribution in [0.15, 0.2) is 132 Å². The Morgan fingerprint density at radius 3 is 1.71 bits per heavy atom. The average Bonchev–Trinajstić information content (AvgIpc) is 3.55. The van der Waals surface area contributed by atoms with Gasteiger partial charge in [-0.25, -0.2) is 39.3 Å². The molecule has 0 aliphatic rings. The molecule has 1 atom stereocenters. The summed E-state index contributed by atoms with van der Waals surface area (Å²) < 4.78 is 105. The number of hydrogen-bond donors (Lipinski definition) is 0. The van der Waals surface area contributed by atoms with Crippen LogP contribution in [0.3, 0.4) is 0 Å². The molecule has 0 bridgehead atoms. The van der Waals surface area contributed by atoms with Gasteiger partial charge >= 0.3 is 0 Å². The number of rotatable bonds is 7. The fourth-order valence-electron chi connectivity index (χ4n) is 5.91. The molecular formula is C38H24F5N2O2PS. The molecule has 0 aliphatic carbocycles. The van der Waals surface area contributed by atoms with Crippen LogP contribution in [-0.2, 0) is 10.0 Å². The van der Waals surface area contributed by atoms with Gasteiger partial charge in [0.15, 0.2) is 34.0 Å². The van der Waals surface area contributed by atoms with Crippen molar-refractivity contribution in [3.63, 3.8) is 0 Å². The quantitative estimate of drug-likeness (QED) is 0.0723. The number of imidazole rings is 1. The number of benzene rings is 6. The van der Waals surface area contributed by atoms with E-state index in [9.17, 15) is 21.6 Å². The second-order valence-electron chi connectivity index (χ2n) is 11.1. The van der Waals surface area contributed by atoms with E-state index in [1.54, 1.807) is 78.9 Å². The molecule has 244 valence electrons. The Morgan fingerprint density at radius 2 is 1.10 bits per heavy atom. The Bertz CT molecular complexity index is 2450. The highest BCUT2D eigenvalue weighted by molar-refractivity contribution is 7.90. The van der Waals surface area contributed by atoms with E-state index >= 15 is 8.78 Å². The van der Waals surface area contributed by atoms with Crippen molar-refractivity contribution in [3.05, 3.63) is 156 Å². The first kappa shape index (κ1) is 32.4. The minimum atomic E-state index is -5.62. The molecule has 1 aromatic heterocycles. The molecule has 1 unspecified atom stereocenters. The van der Waals surface area contributed by atoms with Crippen molar-refractivity contribution in [2.75, 3.05) is 6.66 Å². The van der Waals surface area contributed by atoms with Gasteiger partial charge in [-0.05, 0) is 36.0 Å². The molecule has 0 spiro atoms. The van der Waals surface area contributed by atoms with Gasteiger partial charge in [0.25, 0.3) is 10.0 Å². The van der Waals surface area contributed by atoms with Gasteiger partial charge in [0.05, 0.1) is 11.4 Å². The molecule has 49 heavy (non-hydrogen) atoms. The number of fused-ring (bicyclic) bond motifs is 1. The van der Waals surface area contributed by atoms with E-state index in [-0.39, 0.29) is 22.8 Å². The van der Waals surface area contributed by atoms with Crippen LogP contribution in [0, 0.1) is 29.1 Å². The van der Waals surface area contributed by atoms with E-state index in [2.05, 4.69) is 0 Å². The Morgan fingerprint density at radius 1 is 0.592 bits per heavy atom. The minimum absolute atomic E-state index is 0.119. The molecule has 0 radical (unpaired) electrons. The molecule has 7 rings (SSSR count). The minimum Gasteiger partial charge on any atom is -0.226 e. The van der Waals surface area contributed by atoms with Crippen molar-refractivity contribution in [3.8, 4) is 33.9 Å². The van der Waals surface area contributed by atoms with Crippen molar-refractivity contribution in [1.82, 2.24) is 8.96 Å². The Balaban J connectivity index is 1.70. The molecule has 0 saturated heterocycles. The van der Waals surface area contributed by atoms with Gasteiger partial charge in [-0.2, -0.15) is 0 Å².